The lowest BCUT2D eigenvalue weighted by atomic mass is 10.3. The van der Waals surface area contributed by atoms with Crippen LogP contribution in [0.5, 0.6) is 0 Å². The molecule has 0 saturated carbocycles. The first-order chi connectivity index (χ1) is 6.31. The molecule has 0 bridgehead atoms. The normalized spacial score (nSPS) is 10.5. The number of alkyl halides is 1. The third-order valence-corrected chi connectivity index (χ3v) is 1.89. The molecule has 0 unspecified atom stereocenters. The van der Waals surface area contributed by atoms with Gasteiger partial charge in [-0.25, -0.2) is 9.97 Å². The molecule has 0 amide bonds. The molecule has 0 aromatic carbocycles. The standard InChI is InChI=1S/C8H6ClN3O/c9-4-6-11-5-2-1-3-10-7(5)8(13)12-6/h1-3H,4H2,(H,11,12,13). The highest BCUT2D eigenvalue weighted by molar-refractivity contribution is 6.16. The first kappa shape index (κ1) is 8.19. The summed E-state index contributed by atoms with van der Waals surface area (Å²) >= 11 is 5.55. The summed E-state index contributed by atoms with van der Waals surface area (Å²) in [6, 6.07) is 3.46. The van der Waals surface area contributed by atoms with Crippen LogP contribution in [0.25, 0.3) is 11.0 Å². The molecule has 2 aromatic heterocycles. The predicted octanol–water partition coefficient (Wildman–Crippen LogP) is 1.06. The Bertz CT molecular complexity index is 494. The van der Waals surface area contributed by atoms with E-state index in [0.717, 1.165) is 0 Å². The number of hydrogen-bond donors (Lipinski definition) is 1. The Hall–Kier alpha value is -1.42. The number of H-pyrrole nitrogens is 1. The van der Waals surface area contributed by atoms with Crippen LogP contribution in [0.4, 0.5) is 0 Å². The van der Waals surface area contributed by atoms with Gasteiger partial charge in [0.25, 0.3) is 5.56 Å². The minimum Gasteiger partial charge on any atom is -0.308 e. The summed E-state index contributed by atoms with van der Waals surface area (Å²) in [4.78, 5) is 21.9. The van der Waals surface area contributed by atoms with Gasteiger partial charge in [-0.3, -0.25) is 4.79 Å². The van der Waals surface area contributed by atoms with Gasteiger partial charge >= 0.3 is 0 Å². The van der Waals surface area contributed by atoms with E-state index in [1.807, 2.05) is 0 Å². The number of fused-ring (bicyclic) bond motifs is 1. The maximum absolute atomic E-state index is 11.3. The van der Waals surface area contributed by atoms with Gasteiger partial charge in [0.15, 0.2) is 5.52 Å². The largest absolute Gasteiger partial charge is 0.308 e. The van der Waals surface area contributed by atoms with Gasteiger partial charge in [0.2, 0.25) is 0 Å². The molecule has 0 atom stereocenters. The minimum atomic E-state index is -0.249. The monoisotopic (exact) mass is 195 g/mol. The van der Waals surface area contributed by atoms with E-state index < -0.39 is 0 Å². The molecule has 0 saturated heterocycles. The molecule has 0 aliphatic rings. The zero-order valence-electron chi connectivity index (χ0n) is 6.62. The van der Waals surface area contributed by atoms with E-state index in [0.29, 0.717) is 16.9 Å². The molecule has 0 fully saturated rings. The molecule has 5 heteroatoms. The van der Waals surface area contributed by atoms with Gasteiger partial charge in [0.1, 0.15) is 5.82 Å². The lowest BCUT2D eigenvalue weighted by Crippen LogP contribution is -2.11. The van der Waals surface area contributed by atoms with Crippen LogP contribution in [-0.2, 0) is 5.88 Å². The van der Waals surface area contributed by atoms with E-state index in [-0.39, 0.29) is 11.4 Å². The maximum atomic E-state index is 11.3. The van der Waals surface area contributed by atoms with Crippen molar-refractivity contribution >= 4 is 22.6 Å². The van der Waals surface area contributed by atoms with Crippen LogP contribution in [-0.4, -0.2) is 15.0 Å². The molecule has 0 aliphatic heterocycles. The maximum Gasteiger partial charge on any atom is 0.277 e. The zero-order valence-corrected chi connectivity index (χ0v) is 7.38. The Balaban J connectivity index is 2.85. The van der Waals surface area contributed by atoms with Crippen molar-refractivity contribution in [3.05, 3.63) is 34.5 Å². The van der Waals surface area contributed by atoms with Crippen LogP contribution in [0.2, 0.25) is 0 Å². The average Bonchev–Trinajstić information content (AvgIpc) is 2.18. The second-order valence-electron chi connectivity index (χ2n) is 2.52. The van der Waals surface area contributed by atoms with Crippen molar-refractivity contribution in [2.75, 3.05) is 0 Å². The second-order valence-corrected chi connectivity index (χ2v) is 2.78. The minimum absolute atomic E-state index is 0.195. The number of halogens is 1. The van der Waals surface area contributed by atoms with Crippen LogP contribution in [0.1, 0.15) is 5.82 Å². The highest BCUT2D eigenvalue weighted by atomic mass is 35.5. The molecule has 0 radical (unpaired) electrons. The van der Waals surface area contributed by atoms with Crippen LogP contribution in [0, 0.1) is 0 Å². The van der Waals surface area contributed by atoms with E-state index >= 15 is 0 Å². The molecular weight excluding hydrogens is 190 g/mol. The number of nitrogens with one attached hydrogen (secondary N) is 1. The van der Waals surface area contributed by atoms with Crippen molar-refractivity contribution in [3.8, 4) is 0 Å². The topological polar surface area (TPSA) is 58.6 Å². The number of aromatic amines is 1. The number of pyridine rings is 1. The summed E-state index contributed by atoms with van der Waals surface area (Å²) in [6.45, 7) is 0. The molecule has 4 nitrogen and oxygen atoms in total. The zero-order chi connectivity index (χ0) is 9.26. The van der Waals surface area contributed by atoms with E-state index in [4.69, 9.17) is 11.6 Å². The quantitative estimate of drug-likeness (QED) is 0.693. The summed E-state index contributed by atoms with van der Waals surface area (Å²) in [7, 11) is 0. The highest BCUT2D eigenvalue weighted by Crippen LogP contribution is 2.03. The molecule has 1 N–H and O–H groups in total. The van der Waals surface area contributed by atoms with Gasteiger partial charge in [-0.1, -0.05) is 0 Å². The Labute approximate surface area is 78.6 Å². The summed E-state index contributed by atoms with van der Waals surface area (Å²) < 4.78 is 0. The smallest absolute Gasteiger partial charge is 0.277 e. The first-order valence-electron chi connectivity index (χ1n) is 3.71. The summed E-state index contributed by atoms with van der Waals surface area (Å²) in [5, 5.41) is 0. The third-order valence-electron chi connectivity index (χ3n) is 1.64. The van der Waals surface area contributed by atoms with E-state index in [9.17, 15) is 4.79 Å². The Morgan fingerprint density at radius 3 is 3.15 bits per heavy atom. The number of rotatable bonds is 1. The van der Waals surface area contributed by atoms with Gasteiger partial charge in [-0.2, -0.15) is 0 Å². The van der Waals surface area contributed by atoms with Crippen molar-refractivity contribution in [2.24, 2.45) is 0 Å². The molecule has 2 heterocycles. The second kappa shape index (κ2) is 3.14. The third kappa shape index (κ3) is 1.40. The SMILES string of the molecule is O=c1[nH]c(CCl)nc2cccnc12. The van der Waals surface area contributed by atoms with Gasteiger partial charge < -0.3 is 4.98 Å². The number of hydrogen-bond acceptors (Lipinski definition) is 3. The Morgan fingerprint density at radius 2 is 2.38 bits per heavy atom. The number of nitrogens with zero attached hydrogens (tertiary/aromatic N) is 2. The summed E-state index contributed by atoms with van der Waals surface area (Å²) in [5.41, 5.74) is 0.666. The molecule has 0 aliphatic carbocycles. The van der Waals surface area contributed by atoms with Crippen LogP contribution in [0.3, 0.4) is 0 Å². The summed E-state index contributed by atoms with van der Waals surface area (Å²) in [5.74, 6) is 0.659. The lowest BCUT2D eigenvalue weighted by Gasteiger charge is -1.97. The predicted molar refractivity (Wildman–Crippen MR) is 49.7 cm³/mol. The lowest BCUT2D eigenvalue weighted by molar-refractivity contribution is 1.03. The van der Waals surface area contributed by atoms with E-state index in [1.165, 1.54) is 0 Å². The van der Waals surface area contributed by atoms with Crippen molar-refractivity contribution < 1.29 is 0 Å². The van der Waals surface area contributed by atoms with Gasteiger partial charge in [-0.15, -0.1) is 11.6 Å². The van der Waals surface area contributed by atoms with Crippen LogP contribution in [0.15, 0.2) is 23.1 Å². The number of aromatic nitrogens is 3. The van der Waals surface area contributed by atoms with E-state index in [1.54, 1.807) is 18.3 Å². The van der Waals surface area contributed by atoms with Crippen molar-refractivity contribution in [1.29, 1.82) is 0 Å². The fraction of sp³-hybridized carbons (Fsp3) is 0.125. The molecule has 66 valence electrons. The van der Waals surface area contributed by atoms with Crippen molar-refractivity contribution in [3.63, 3.8) is 0 Å². The fourth-order valence-electron chi connectivity index (χ4n) is 1.09. The van der Waals surface area contributed by atoms with Crippen LogP contribution >= 0.6 is 11.6 Å². The molecular formula is C8H6ClN3O. The van der Waals surface area contributed by atoms with Crippen molar-refractivity contribution in [1.82, 2.24) is 15.0 Å². The molecule has 13 heavy (non-hydrogen) atoms. The van der Waals surface area contributed by atoms with Crippen molar-refractivity contribution in [2.45, 2.75) is 5.88 Å². The highest BCUT2D eigenvalue weighted by Gasteiger charge is 2.02. The van der Waals surface area contributed by atoms with Crippen LogP contribution < -0.4 is 5.56 Å². The van der Waals surface area contributed by atoms with Gasteiger partial charge in [0.05, 0.1) is 11.4 Å². The van der Waals surface area contributed by atoms with E-state index in [2.05, 4.69) is 15.0 Å². The molecule has 2 aromatic rings. The Morgan fingerprint density at radius 1 is 1.54 bits per heavy atom. The first-order valence-corrected chi connectivity index (χ1v) is 4.24. The molecule has 2 rings (SSSR count). The Kier molecular flexibility index (Phi) is 1.98. The van der Waals surface area contributed by atoms with Gasteiger partial charge in [-0.05, 0) is 12.1 Å². The average molecular weight is 196 g/mol. The summed E-state index contributed by atoms with van der Waals surface area (Å²) in [6.07, 6.45) is 1.56. The fourth-order valence-corrected chi connectivity index (χ4v) is 1.22. The van der Waals surface area contributed by atoms with Gasteiger partial charge in [0, 0.05) is 6.20 Å². The molecule has 0 spiro atoms.